The van der Waals surface area contributed by atoms with Gasteiger partial charge in [0.2, 0.25) is 0 Å². The van der Waals surface area contributed by atoms with E-state index in [1.54, 1.807) is 0 Å². The molecule has 1 atom stereocenters. The van der Waals surface area contributed by atoms with Crippen molar-refractivity contribution in [2.24, 2.45) is 0 Å². The van der Waals surface area contributed by atoms with Gasteiger partial charge in [0, 0.05) is 17.8 Å². The Balaban J connectivity index is 2.42. The second-order valence-electron chi connectivity index (χ2n) is 5.84. The minimum absolute atomic E-state index is 0.214. The van der Waals surface area contributed by atoms with Crippen LogP contribution in [0, 0.1) is 3.57 Å². The van der Waals surface area contributed by atoms with Gasteiger partial charge in [0.25, 0.3) is 0 Å². The van der Waals surface area contributed by atoms with E-state index in [0.717, 1.165) is 4.47 Å². The molecule has 1 aromatic carbocycles. The van der Waals surface area contributed by atoms with Crippen molar-refractivity contribution in [2.75, 3.05) is 7.05 Å². The number of benzene rings is 1. The van der Waals surface area contributed by atoms with E-state index in [-0.39, 0.29) is 11.5 Å². The maximum atomic E-state index is 3.58. The van der Waals surface area contributed by atoms with Crippen LogP contribution in [-0.4, -0.2) is 7.05 Å². The monoisotopic (exact) mass is 463 g/mol. The normalized spacial score (nSPS) is 13.5. The van der Waals surface area contributed by atoms with E-state index in [2.05, 4.69) is 94.9 Å². The van der Waals surface area contributed by atoms with Gasteiger partial charge in [0.05, 0.1) is 6.04 Å². The van der Waals surface area contributed by atoms with Crippen LogP contribution in [0.3, 0.4) is 0 Å². The summed E-state index contributed by atoms with van der Waals surface area (Å²) in [5.41, 5.74) is 1.54. The van der Waals surface area contributed by atoms with E-state index >= 15 is 0 Å². The molecule has 0 aliphatic heterocycles. The van der Waals surface area contributed by atoms with Crippen LogP contribution in [0.1, 0.15) is 42.1 Å². The van der Waals surface area contributed by atoms with Gasteiger partial charge in [-0.1, -0.05) is 36.7 Å². The predicted molar refractivity (Wildman–Crippen MR) is 101 cm³/mol. The summed E-state index contributed by atoms with van der Waals surface area (Å²) in [6.07, 6.45) is 0. The Morgan fingerprint density at radius 1 is 1.20 bits per heavy atom. The first-order chi connectivity index (χ1) is 9.32. The van der Waals surface area contributed by atoms with Gasteiger partial charge in [-0.15, -0.1) is 11.3 Å². The van der Waals surface area contributed by atoms with E-state index < -0.39 is 0 Å². The van der Waals surface area contributed by atoms with Crippen LogP contribution < -0.4 is 5.32 Å². The Morgan fingerprint density at radius 2 is 1.90 bits per heavy atom. The second kappa shape index (κ2) is 6.46. The molecule has 0 aliphatic carbocycles. The third-order valence-electron chi connectivity index (χ3n) is 3.21. The molecule has 1 unspecified atom stereocenters. The summed E-state index contributed by atoms with van der Waals surface area (Å²) < 4.78 is 2.41. The molecule has 0 aliphatic rings. The zero-order chi connectivity index (χ0) is 14.9. The average Bonchev–Trinajstić information content (AvgIpc) is 2.84. The molecule has 0 saturated carbocycles. The predicted octanol–water partition coefficient (Wildman–Crippen LogP) is 5.72. The Labute approximate surface area is 147 Å². The maximum Gasteiger partial charge on any atom is 0.0679 e. The molecule has 1 aromatic heterocycles. The fourth-order valence-corrected chi connectivity index (χ4v) is 4.32. The summed E-state index contributed by atoms with van der Waals surface area (Å²) in [5.74, 6) is 0. The lowest BCUT2D eigenvalue weighted by Gasteiger charge is -2.18. The summed E-state index contributed by atoms with van der Waals surface area (Å²) >= 11 is 7.89. The minimum atomic E-state index is 0.214. The first-order valence-corrected chi connectivity index (χ1v) is 9.24. The molecule has 0 spiro atoms. The SMILES string of the molecule is CNC(c1ccc(C(C)(C)C)s1)c1cc(Br)ccc1I. The molecule has 0 saturated heterocycles. The van der Waals surface area contributed by atoms with Crippen LogP contribution in [0.4, 0.5) is 0 Å². The first kappa shape index (κ1) is 16.5. The number of nitrogens with one attached hydrogen (secondary N) is 1. The van der Waals surface area contributed by atoms with E-state index in [1.165, 1.54) is 18.9 Å². The lowest BCUT2D eigenvalue weighted by molar-refractivity contribution is 0.604. The number of hydrogen-bond acceptors (Lipinski definition) is 2. The van der Waals surface area contributed by atoms with Crippen molar-refractivity contribution in [3.63, 3.8) is 0 Å². The van der Waals surface area contributed by atoms with Gasteiger partial charge < -0.3 is 5.32 Å². The molecule has 1 heterocycles. The number of hydrogen-bond donors (Lipinski definition) is 1. The van der Waals surface area contributed by atoms with Crippen molar-refractivity contribution in [3.05, 3.63) is 53.7 Å². The van der Waals surface area contributed by atoms with Crippen LogP contribution >= 0.6 is 49.9 Å². The molecule has 20 heavy (non-hydrogen) atoms. The Hall–Kier alpha value is 0.0900. The van der Waals surface area contributed by atoms with E-state index in [4.69, 9.17) is 0 Å². The molecule has 2 aromatic rings. The van der Waals surface area contributed by atoms with Crippen LogP contribution in [0.2, 0.25) is 0 Å². The van der Waals surface area contributed by atoms with Crippen molar-refractivity contribution in [3.8, 4) is 0 Å². The van der Waals surface area contributed by atoms with Gasteiger partial charge in [-0.05, 0) is 70.9 Å². The Morgan fingerprint density at radius 3 is 2.45 bits per heavy atom. The van der Waals surface area contributed by atoms with Crippen molar-refractivity contribution in [2.45, 2.75) is 32.2 Å². The quantitative estimate of drug-likeness (QED) is 0.573. The third kappa shape index (κ3) is 3.64. The number of thiophene rings is 1. The van der Waals surface area contributed by atoms with Crippen molar-refractivity contribution in [1.29, 1.82) is 0 Å². The van der Waals surface area contributed by atoms with Crippen LogP contribution in [0.25, 0.3) is 0 Å². The molecule has 0 radical (unpaired) electrons. The van der Waals surface area contributed by atoms with Crippen molar-refractivity contribution >= 4 is 49.9 Å². The fourth-order valence-electron chi connectivity index (χ4n) is 2.10. The van der Waals surface area contributed by atoms with Gasteiger partial charge in [0.1, 0.15) is 0 Å². The average molecular weight is 464 g/mol. The molecule has 108 valence electrons. The van der Waals surface area contributed by atoms with E-state index in [9.17, 15) is 0 Å². The topological polar surface area (TPSA) is 12.0 Å². The highest BCUT2D eigenvalue weighted by Crippen LogP contribution is 2.36. The number of halogens is 2. The molecule has 2 rings (SSSR count). The van der Waals surface area contributed by atoms with Crippen LogP contribution in [0.15, 0.2) is 34.8 Å². The van der Waals surface area contributed by atoms with Crippen LogP contribution in [0.5, 0.6) is 0 Å². The zero-order valence-corrected chi connectivity index (χ0v) is 16.7. The van der Waals surface area contributed by atoms with Crippen molar-refractivity contribution < 1.29 is 0 Å². The lowest BCUT2D eigenvalue weighted by Crippen LogP contribution is -2.17. The van der Waals surface area contributed by atoms with E-state index in [1.807, 2.05) is 18.4 Å². The standard InChI is InChI=1S/C16H19BrINS/c1-16(2,3)14-8-7-13(20-14)15(19-4)11-9-10(17)5-6-12(11)18/h5-9,15,19H,1-4H3. The zero-order valence-electron chi connectivity index (χ0n) is 12.1. The van der Waals surface area contributed by atoms with E-state index in [0.29, 0.717) is 0 Å². The smallest absolute Gasteiger partial charge is 0.0679 e. The van der Waals surface area contributed by atoms with Crippen LogP contribution in [-0.2, 0) is 5.41 Å². The molecular formula is C16H19BrINS. The molecule has 1 N–H and O–H groups in total. The summed E-state index contributed by atoms with van der Waals surface area (Å²) in [6, 6.07) is 11.2. The second-order valence-corrected chi connectivity index (χ2v) is 9.03. The first-order valence-electron chi connectivity index (χ1n) is 6.55. The molecule has 0 bridgehead atoms. The molecular weight excluding hydrogens is 445 g/mol. The van der Waals surface area contributed by atoms with Gasteiger partial charge in [-0.3, -0.25) is 0 Å². The van der Waals surface area contributed by atoms with Crippen molar-refractivity contribution in [1.82, 2.24) is 5.32 Å². The Kier molecular flexibility index (Phi) is 5.32. The lowest BCUT2D eigenvalue weighted by atomic mass is 9.95. The summed E-state index contributed by atoms with van der Waals surface area (Å²) in [4.78, 5) is 2.80. The summed E-state index contributed by atoms with van der Waals surface area (Å²) in [5, 5.41) is 3.45. The molecule has 0 amide bonds. The fraction of sp³-hybridized carbons (Fsp3) is 0.375. The minimum Gasteiger partial charge on any atom is -0.309 e. The van der Waals surface area contributed by atoms with Gasteiger partial charge >= 0.3 is 0 Å². The third-order valence-corrected chi connectivity index (χ3v) is 6.26. The maximum absolute atomic E-state index is 3.58. The molecule has 0 fully saturated rings. The Bertz CT molecular complexity index is 601. The highest BCUT2D eigenvalue weighted by Gasteiger charge is 2.21. The van der Waals surface area contributed by atoms with Gasteiger partial charge in [0.15, 0.2) is 0 Å². The molecule has 4 heteroatoms. The number of rotatable bonds is 3. The molecule has 1 nitrogen and oxygen atoms in total. The van der Waals surface area contributed by atoms with Gasteiger partial charge in [-0.25, -0.2) is 0 Å². The highest BCUT2D eigenvalue weighted by atomic mass is 127. The highest BCUT2D eigenvalue weighted by molar-refractivity contribution is 14.1. The largest absolute Gasteiger partial charge is 0.309 e. The van der Waals surface area contributed by atoms with Gasteiger partial charge in [-0.2, -0.15) is 0 Å². The summed E-state index contributed by atoms with van der Waals surface area (Å²) in [7, 11) is 2.03. The summed E-state index contributed by atoms with van der Waals surface area (Å²) in [6.45, 7) is 6.79.